The Labute approximate surface area is 151 Å². The first kappa shape index (κ1) is 17.5. The first-order valence-corrected chi connectivity index (χ1v) is 9.37. The van der Waals surface area contributed by atoms with Crippen LogP contribution in [0.4, 0.5) is 5.69 Å². The summed E-state index contributed by atoms with van der Waals surface area (Å²) in [6, 6.07) is 17.0. The minimum atomic E-state index is 0.0537. The summed E-state index contributed by atoms with van der Waals surface area (Å²) in [5, 5.41) is 3.03. The largest absolute Gasteiger partial charge is 0.371 e. The molecule has 3 heteroatoms. The maximum atomic E-state index is 12.5. The van der Waals surface area contributed by atoms with Crippen molar-refractivity contribution >= 4 is 11.6 Å². The molecule has 0 fully saturated rings. The van der Waals surface area contributed by atoms with Gasteiger partial charge in [-0.3, -0.25) is 4.79 Å². The van der Waals surface area contributed by atoms with Crippen LogP contribution in [0.25, 0.3) is 0 Å². The molecule has 3 rings (SSSR count). The number of benzene rings is 2. The molecule has 0 aliphatic carbocycles. The van der Waals surface area contributed by atoms with Crippen LogP contribution in [0.1, 0.15) is 48.2 Å². The zero-order valence-electron chi connectivity index (χ0n) is 15.3. The number of amides is 1. The van der Waals surface area contributed by atoms with Gasteiger partial charge >= 0.3 is 0 Å². The van der Waals surface area contributed by atoms with Crippen LogP contribution < -0.4 is 10.2 Å². The van der Waals surface area contributed by atoms with E-state index in [1.807, 2.05) is 26.0 Å². The van der Waals surface area contributed by atoms with E-state index in [2.05, 4.69) is 46.6 Å². The molecule has 0 saturated carbocycles. The van der Waals surface area contributed by atoms with Gasteiger partial charge in [0.2, 0.25) is 0 Å². The number of hydrogen-bond donors (Lipinski definition) is 1. The molecular formula is C22H28N2O. The number of nitrogens with one attached hydrogen (secondary N) is 1. The lowest BCUT2D eigenvalue weighted by atomic mass is 9.95. The fourth-order valence-electron chi connectivity index (χ4n) is 3.60. The second kappa shape index (κ2) is 8.19. The molecule has 1 aliphatic heterocycles. The second-order valence-corrected chi connectivity index (χ2v) is 7.11. The minimum Gasteiger partial charge on any atom is -0.371 e. The monoisotopic (exact) mass is 336 g/mol. The van der Waals surface area contributed by atoms with Crippen molar-refractivity contribution < 1.29 is 4.79 Å². The van der Waals surface area contributed by atoms with Gasteiger partial charge in [-0.05, 0) is 62.8 Å². The summed E-state index contributed by atoms with van der Waals surface area (Å²) in [7, 11) is 0. The average Bonchev–Trinajstić information content (AvgIpc) is 2.61. The van der Waals surface area contributed by atoms with E-state index in [4.69, 9.17) is 0 Å². The number of anilines is 1. The smallest absolute Gasteiger partial charge is 0.251 e. The molecule has 0 unspecified atom stereocenters. The summed E-state index contributed by atoms with van der Waals surface area (Å²) >= 11 is 0. The van der Waals surface area contributed by atoms with Crippen molar-refractivity contribution in [3.63, 3.8) is 0 Å². The number of fused-ring (bicyclic) bond motifs is 1. The number of aryl methyl sites for hydroxylation is 1. The van der Waals surface area contributed by atoms with Crippen molar-refractivity contribution in [2.45, 2.75) is 45.6 Å². The van der Waals surface area contributed by atoms with Gasteiger partial charge in [0.15, 0.2) is 0 Å². The molecular weight excluding hydrogens is 308 g/mol. The Morgan fingerprint density at radius 1 is 1.12 bits per heavy atom. The standard InChI is InChI=1S/C22H28N2O/c1-17(2)23-22(25)20-12-6-14-21-19(20)13-8-16-24(21)15-7-11-18-9-4-3-5-10-18/h3-6,9-10,12,14,17H,7-8,11,13,15-16H2,1-2H3,(H,23,25). The van der Waals surface area contributed by atoms with Crippen LogP contribution in [0.2, 0.25) is 0 Å². The van der Waals surface area contributed by atoms with E-state index in [1.54, 1.807) is 0 Å². The van der Waals surface area contributed by atoms with Gasteiger partial charge in [0.05, 0.1) is 0 Å². The Bertz CT molecular complexity index is 709. The molecule has 0 spiro atoms. The van der Waals surface area contributed by atoms with E-state index in [1.165, 1.54) is 16.8 Å². The SMILES string of the molecule is CC(C)NC(=O)c1cccc2c1CCCN2CCCc1ccccc1. The summed E-state index contributed by atoms with van der Waals surface area (Å²) in [5.74, 6) is 0.0537. The molecule has 132 valence electrons. The molecule has 1 N–H and O–H groups in total. The van der Waals surface area contributed by atoms with Crippen molar-refractivity contribution in [2.75, 3.05) is 18.0 Å². The lowest BCUT2D eigenvalue weighted by Crippen LogP contribution is -2.34. The lowest BCUT2D eigenvalue weighted by molar-refractivity contribution is 0.0942. The molecule has 1 aliphatic rings. The fraction of sp³-hybridized carbons (Fsp3) is 0.409. The van der Waals surface area contributed by atoms with Crippen molar-refractivity contribution in [1.29, 1.82) is 0 Å². The minimum absolute atomic E-state index is 0.0537. The summed E-state index contributed by atoms with van der Waals surface area (Å²) < 4.78 is 0. The molecule has 0 radical (unpaired) electrons. The molecule has 25 heavy (non-hydrogen) atoms. The first-order valence-electron chi connectivity index (χ1n) is 9.37. The summed E-state index contributed by atoms with van der Waals surface area (Å²) in [5.41, 5.74) is 4.70. The molecule has 1 amide bonds. The van der Waals surface area contributed by atoms with Gasteiger partial charge < -0.3 is 10.2 Å². The van der Waals surface area contributed by atoms with Crippen LogP contribution in [-0.4, -0.2) is 25.0 Å². The number of rotatable bonds is 6. The van der Waals surface area contributed by atoms with Crippen LogP contribution in [-0.2, 0) is 12.8 Å². The summed E-state index contributed by atoms with van der Waals surface area (Å²) in [6.07, 6.45) is 4.34. The van der Waals surface area contributed by atoms with Crippen molar-refractivity contribution in [3.05, 3.63) is 65.2 Å². The third-order valence-corrected chi connectivity index (χ3v) is 4.75. The second-order valence-electron chi connectivity index (χ2n) is 7.11. The third-order valence-electron chi connectivity index (χ3n) is 4.75. The lowest BCUT2D eigenvalue weighted by Gasteiger charge is -2.32. The fourth-order valence-corrected chi connectivity index (χ4v) is 3.60. The number of carbonyl (C=O) groups is 1. The van der Waals surface area contributed by atoms with Crippen LogP contribution in [0.5, 0.6) is 0 Å². The molecule has 1 heterocycles. The topological polar surface area (TPSA) is 32.3 Å². The highest BCUT2D eigenvalue weighted by molar-refractivity contribution is 5.97. The Balaban J connectivity index is 1.70. The average molecular weight is 336 g/mol. The van der Waals surface area contributed by atoms with Gasteiger partial charge in [0, 0.05) is 30.4 Å². The predicted octanol–water partition coefficient (Wildman–Crippen LogP) is 4.21. The molecule has 0 saturated heterocycles. The molecule has 2 aromatic carbocycles. The molecule has 0 aromatic heterocycles. The Morgan fingerprint density at radius 3 is 2.68 bits per heavy atom. The van der Waals surface area contributed by atoms with Crippen LogP contribution in [0.15, 0.2) is 48.5 Å². The molecule has 0 atom stereocenters. The van der Waals surface area contributed by atoms with E-state index < -0.39 is 0 Å². The highest BCUT2D eigenvalue weighted by atomic mass is 16.1. The third kappa shape index (κ3) is 4.41. The van der Waals surface area contributed by atoms with E-state index in [-0.39, 0.29) is 11.9 Å². The van der Waals surface area contributed by atoms with Crippen LogP contribution >= 0.6 is 0 Å². The highest BCUT2D eigenvalue weighted by Gasteiger charge is 2.22. The maximum absolute atomic E-state index is 12.5. The maximum Gasteiger partial charge on any atom is 0.251 e. The van der Waals surface area contributed by atoms with Gasteiger partial charge in [-0.25, -0.2) is 0 Å². The zero-order chi connectivity index (χ0) is 17.6. The molecule has 2 aromatic rings. The Morgan fingerprint density at radius 2 is 1.92 bits per heavy atom. The number of nitrogens with zero attached hydrogens (tertiary/aromatic N) is 1. The van der Waals surface area contributed by atoms with Crippen molar-refractivity contribution in [1.82, 2.24) is 5.32 Å². The van der Waals surface area contributed by atoms with Gasteiger partial charge in [-0.1, -0.05) is 36.4 Å². The van der Waals surface area contributed by atoms with E-state index in [9.17, 15) is 4.79 Å². The van der Waals surface area contributed by atoms with Gasteiger partial charge in [0.25, 0.3) is 5.91 Å². The normalized spacial score (nSPS) is 13.6. The van der Waals surface area contributed by atoms with Crippen molar-refractivity contribution in [2.24, 2.45) is 0 Å². The zero-order valence-corrected chi connectivity index (χ0v) is 15.3. The van der Waals surface area contributed by atoms with Crippen molar-refractivity contribution in [3.8, 4) is 0 Å². The number of hydrogen-bond acceptors (Lipinski definition) is 2. The quantitative estimate of drug-likeness (QED) is 0.857. The van der Waals surface area contributed by atoms with Gasteiger partial charge in [-0.2, -0.15) is 0 Å². The van der Waals surface area contributed by atoms with E-state index >= 15 is 0 Å². The van der Waals surface area contributed by atoms with Gasteiger partial charge in [-0.15, -0.1) is 0 Å². The predicted molar refractivity (Wildman–Crippen MR) is 104 cm³/mol. The van der Waals surface area contributed by atoms with Crippen LogP contribution in [0.3, 0.4) is 0 Å². The summed E-state index contributed by atoms with van der Waals surface area (Å²) in [4.78, 5) is 15.0. The highest BCUT2D eigenvalue weighted by Crippen LogP contribution is 2.30. The van der Waals surface area contributed by atoms with Gasteiger partial charge in [0.1, 0.15) is 0 Å². The Kier molecular flexibility index (Phi) is 5.75. The molecule has 0 bridgehead atoms. The summed E-state index contributed by atoms with van der Waals surface area (Å²) in [6.45, 7) is 6.13. The Hall–Kier alpha value is -2.29. The molecule has 3 nitrogen and oxygen atoms in total. The number of carbonyl (C=O) groups excluding carboxylic acids is 1. The first-order chi connectivity index (χ1) is 12.1. The van der Waals surface area contributed by atoms with Crippen LogP contribution in [0, 0.1) is 0 Å². The van der Waals surface area contributed by atoms with E-state index in [0.717, 1.165) is 44.3 Å². The van der Waals surface area contributed by atoms with E-state index in [0.29, 0.717) is 0 Å².